The minimum Gasteiger partial charge on any atom is -0.481 e. The molecule has 0 saturated heterocycles. The van der Waals surface area contributed by atoms with Crippen LogP contribution in [0.2, 0.25) is 0 Å². The lowest BCUT2D eigenvalue weighted by Crippen LogP contribution is -2.12. The van der Waals surface area contributed by atoms with Gasteiger partial charge < -0.3 is 5.11 Å². The molecule has 1 atom stereocenters. The van der Waals surface area contributed by atoms with Gasteiger partial charge >= 0.3 is 5.97 Å². The molecule has 1 aromatic heterocycles. The van der Waals surface area contributed by atoms with Gasteiger partial charge in [-0.1, -0.05) is 0 Å². The molecule has 0 saturated carbocycles. The summed E-state index contributed by atoms with van der Waals surface area (Å²) in [7, 11) is 1.66. The lowest BCUT2D eigenvalue weighted by atomic mass is 10.0. The number of aliphatic carboxylic acids is 1. The fourth-order valence-corrected chi connectivity index (χ4v) is 1.82. The first-order valence-electron chi connectivity index (χ1n) is 4.85. The van der Waals surface area contributed by atoms with Gasteiger partial charge in [0, 0.05) is 12.4 Å². The Morgan fingerprint density at radius 2 is 2.25 bits per heavy atom. The first-order chi connectivity index (χ1) is 7.50. The van der Waals surface area contributed by atoms with Crippen LogP contribution in [0.25, 0.3) is 10.9 Å². The van der Waals surface area contributed by atoms with Crippen molar-refractivity contribution in [3.8, 4) is 0 Å². The SMILES string of the molecule is CC(C(=O)O)c1c2cc(F)ccc2nn1C. The van der Waals surface area contributed by atoms with Crippen LogP contribution < -0.4 is 0 Å². The van der Waals surface area contributed by atoms with Crippen LogP contribution in [0, 0.1) is 5.82 Å². The number of carboxylic acids is 1. The number of carbonyl (C=O) groups is 1. The van der Waals surface area contributed by atoms with Crippen molar-refractivity contribution in [2.24, 2.45) is 7.05 Å². The van der Waals surface area contributed by atoms with Crippen LogP contribution in [0.3, 0.4) is 0 Å². The first kappa shape index (κ1) is 10.6. The number of carboxylic acid groups (broad SMARTS) is 1. The molecule has 0 aliphatic heterocycles. The molecule has 5 heteroatoms. The number of nitrogens with zero attached hydrogens (tertiary/aromatic N) is 2. The lowest BCUT2D eigenvalue weighted by Gasteiger charge is -2.06. The van der Waals surface area contributed by atoms with E-state index in [1.807, 2.05) is 0 Å². The van der Waals surface area contributed by atoms with Crippen molar-refractivity contribution >= 4 is 16.9 Å². The van der Waals surface area contributed by atoms with Gasteiger partial charge in [0.1, 0.15) is 5.82 Å². The second kappa shape index (κ2) is 3.59. The van der Waals surface area contributed by atoms with Crippen LogP contribution in [0.1, 0.15) is 18.5 Å². The number of hydrogen-bond acceptors (Lipinski definition) is 2. The number of halogens is 1. The second-order valence-corrected chi connectivity index (χ2v) is 3.73. The maximum atomic E-state index is 13.1. The predicted octanol–water partition coefficient (Wildman–Crippen LogP) is 1.90. The quantitative estimate of drug-likeness (QED) is 0.844. The number of hydrogen-bond donors (Lipinski definition) is 1. The Bertz CT molecular complexity index is 562. The summed E-state index contributed by atoms with van der Waals surface area (Å²) in [6.07, 6.45) is 0. The fraction of sp³-hybridized carbons (Fsp3) is 0.273. The highest BCUT2D eigenvalue weighted by Crippen LogP contribution is 2.25. The number of rotatable bonds is 2. The second-order valence-electron chi connectivity index (χ2n) is 3.73. The summed E-state index contributed by atoms with van der Waals surface area (Å²) in [4.78, 5) is 10.9. The minimum absolute atomic E-state index is 0.390. The van der Waals surface area contributed by atoms with E-state index >= 15 is 0 Å². The summed E-state index contributed by atoms with van der Waals surface area (Å²) < 4.78 is 14.6. The zero-order valence-corrected chi connectivity index (χ0v) is 8.94. The van der Waals surface area contributed by atoms with Crippen molar-refractivity contribution in [1.29, 1.82) is 0 Å². The van der Waals surface area contributed by atoms with Crippen LogP contribution >= 0.6 is 0 Å². The van der Waals surface area contributed by atoms with E-state index < -0.39 is 11.9 Å². The van der Waals surface area contributed by atoms with Gasteiger partial charge in [0.05, 0.1) is 17.1 Å². The molecule has 0 radical (unpaired) electrons. The predicted molar refractivity (Wildman–Crippen MR) is 56.7 cm³/mol. The molecule has 1 N–H and O–H groups in total. The normalized spacial score (nSPS) is 12.9. The highest BCUT2D eigenvalue weighted by Gasteiger charge is 2.21. The summed E-state index contributed by atoms with van der Waals surface area (Å²) >= 11 is 0. The van der Waals surface area contributed by atoms with Gasteiger partial charge in [-0.05, 0) is 25.1 Å². The number of aryl methyl sites for hydroxylation is 1. The Hall–Kier alpha value is -1.91. The van der Waals surface area contributed by atoms with Gasteiger partial charge in [-0.3, -0.25) is 9.48 Å². The van der Waals surface area contributed by atoms with Crippen molar-refractivity contribution in [2.75, 3.05) is 0 Å². The Balaban J connectivity index is 2.72. The number of aromatic nitrogens is 2. The average molecular weight is 222 g/mol. The molecule has 0 aliphatic rings. The number of fused-ring (bicyclic) bond motifs is 1. The monoisotopic (exact) mass is 222 g/mol. The van der Waals surface area contributed by atoms with Gasteiger partial charge in [0.2, 0.25) is 0 Å². The fourth-order valence-electron chi connectivity index (χ4n) is 1.82. The zero-order valence-electron chi connectivity index (χ0n) is 8.94. The molecule has 1 heterocycles. The minimum atomic E-state index is -0.950. The number of benzene rings is 1. The molecule has 0 spiro atoms. The molecule has 0 amide bonds. The standard InChI is InChI=1S/C11H11FN2O2/c1-6(11(15)16)10-8-5-7(12)3-4-9(8)13-14(10)2/h3-6H,1-2H3,(H,15,16). The molecule has 2 rings (SSSR count). The van der Waals surface area contributed by atoms with Gasteiger partial charge in [-0.25, -0.2) is 4.39 Å². The summed E-state index contributed by atoms with van der Waals surface area (Å²) in [5.41, 5.74) is 1.12. The summed E-state index contributed by atoms with van der Waals surface area (Å²) in [6.45, 7) is 1.56. The summed E-state index contributed by atoms with van der Waals surface area (Å²) in [5, 5.41) is 13.7. The largest absolute Gasteiger partial charge is 0.481 e. The summed E-state index contributed by atoms with van der Waals surface area (Å²) in [6, 6.07) is 4.17. The Labute approximate surface area is 91.3 Å². The maximum Gasteiger partial charge on any atom is 0.312 e. The van der Waals surface area contributed by atoms with E-state index in [1.165, 1.54) is 16.8 Å². The van der Waals surface area contributed by atoms with E-state index in [2.05, 4.69) is 5.10 Å². The van der Waals surface area contributed by atoms with Gasteiger partial charge in [-0.2, -0.15) is 5.10 Å². The highest BCUT2D eigenvalue weighted by atomic mass is 19.1. The molecular formula is C11H11FN2O2. The van der Waals surface area contributed by atoms with E-state index in [0.29, 0.717) is 16.6 Å². The van der Waals surface area contributed by atoms with Crippen molar-refractivity contribution < 1.29 is 14.3 Å². The van der Waals surface area contributed by atoms with Crippen LogP contribution in [0.15, 0.2) is 18.2 Å². The third kappa shape index (κ3) is 1.54. The van der Waals surface area contributed by atoms with E-state index in [-0.39, 0.29) is 5.82 Å². The van der Waals surface area contributed by atoms with Crippen LogP contribution in [0.4, 0.5) is 4.39 Å². The lowest BCUT2D eigenvalue weighted by molar-refractivity contribution is -0.138. The molecule has 0 bridgehead atoms. The average Bonchev–Trinajstić information content (AvgIpc) is 2.52. The van der Waals surface area contributed by atoms with E-state index in [9.17, 15) is 9.18 Å². The van der Waals surface area contributed by atoms with Crippen LogP contribution in [0.5, 0.6) is 0 Å². The molecule has 16 heavy (non-hydrogen) atoms. The molecule has 84 valence electrons. The van der Waals surface area contributed by atoms with E-state index in [0.717, 1.165) is 0 Å². The Morgan fingerprint density at radius 1 is 1.56 bits per heavy atom. The molecule has 0 fully saturated rings. The Kier molecular flexibility index (Phi) is 2.38. The molecule has 4 nitrogen and oxygen atoms in total. The molecule has 0 aliphatic carbocycles. The van der Waals surface area contributed by atoms with E-state index in [1.54, 1.807) is 20.0 Å². The third-order valence-electron chi connectivity index (χ3n) is 2.62. The van der Waals surface area contributed by atoms with Gasteiger partial charge in [0.25, 0.3) is 0 Å². The third-order valence-corrected chi connectivity index (χ3v) is 2.62. The van der Waals surface area contributed by atoms with E-state index in [4.69, 9.17) is 5.11 Å². The van der Waals surface area contributed by atoms with Crippen molar-refractivity contribution in [1.82, 2.24) is 9.78 Å². The Morgan fingerprint density at radius 3 is 2.88 bits per heavy atom. The molecular weight excluding hydrogens is 211 g/mol. The maximum absolute atomic E-state index is 13.1. The highest BCUT2D eigenvalue weighted by molar-refractivity contribution is 5.87. The first-order valence-corrected chi connectivity index (χ1v) is 4.85. The molecule has 1 aromatic carbocycles. The topological polar surface area (TPSA) is 55.1 Å². The van der Waals surface area contributed by atoms with Crippen LogP contribution in [-0.2, 0) is 11.8 Å². The van der Waals surface area contributed by atoms with Crippen molar-refractivity contribution in [2.45, 2.75) is 12.8 Å². The molecule has 1 unspecified atom stereocenters. The molecule has 2 aromatic rings. The van der Waals surface area contributed by atoms with Crippen LogP contribution in [-0.4, -0.2) is 20.9 Å². The van der Waals surface area contributed by atoms with Gasteiger partial charge in [0.15, 0.2) is 0 Å². The summed E-state index contributed by atoms with van der Waals surface area (Å²) in [5.74, 6) is -2.05. The smallest absolute Gasteiger partial charge is 0.312 e. The van der Waals surface area contributed by atoms with Gasteiger partial charge in [-0.15, -0.1) is 0 Å². The van der Waals surface area contributed by atoms with Crippen molar-refractivity contribution in [3.05, 3.63) is 29.7 Å². The zero-order chi connectivity index (χ0) is 11.9. The van der Waals surface area contributed by atoms with Crippen molar-refractivity contribution in [3.63, 3.8) is 0 Å².